The van der Waals surface area contributed by atoms with Gasteiger partial charge in [-0.1, -0.05) is 11.2 Å². The first kappa shape index (κ1) is 16.8. The van der Waals surface area contributed by atoms with Crippen molar-refractivity contribution in [2.75, 3.05) is 13.2 Å². The molecule has 0 atom stereocenters. The third kappa shape index (κ3) is 5.28. The Morgan fingerprint density at radius 2 is 2.09 bits per heavy atom. The van der Waals surface area contributed by atoms with Crippen molar-refractivity contribution in [3.63, 3.8) is 0 Å². The molecule has 3 rings (SSSR count). The number of carbonyl (C=O) groups is 1. The molecule has 0 fully saturated rings. The Morgan fingerprint density at radius 1 is 1.30 bits per heavy atom. The highest BCUT2D eigenvalue weighted by Gasteiger charge is 2.03. The molecule has 120 valence electrons. The van der Waals surface area contributed by atoms with Gasteiger partial charge in [-0.2, -0.15) is 4.98 Å². The summed E-state index contributed by atoms with van der Waals surface area (Å²) < 4.78 is 17.0. The standard InChI is InChI=1S/C9H10FNO2.C6H4N2OS/c10-8-3-1-7(2-4-8)9(13)11-5-6-12;1-2-5(10-3-1)6-7-4-9-8-6/h1-4,12H,5-6H2,(H,11,13);1-4H. The number of aliphatic hydroxyl groups is 1. The zero-order chi connectivity index (χ0) is 16.5. The highest BCUT2D eigenvalue weighted by atomic mass is 32.1. The molecule has 0 spiro atoms. The van der Waals surface area contributed by atoms with Crippen molar-refractivity contribution in [2.45, 2.75) is 0 Å². The SMILES string of the molecule is O=C(NCCO)c1ccc(F)cc1.c1csc(-c2ncon2)c1. The van der Waals surface area contributed by atoms with E-state index in [-0.39, 0.29) is 24.9 Å². The summed E-state index contributed by atoms with van der Waals surface area (Å²) >= 11 is 1.60. The molecule has 2 aromatic heterocycles. The van der Waals surface area contributed by atoms with Gasteiger partial charge in [-0.3, -0.25) is 4.79 Å². The molecular weight excluding hydrogens is 321 g/mol. The molecule has 0 aliphatic carbocycles. The van der Waals surface area contributed by atoms with Crippen molar-refractivity contribution in [2.24, 2.45) is 0 Å². The average Bonchev–Trinajstić information content (AvgIpc) is 3.26. The highest BCUT2D eigenvalue weighted by molar-refractivity contribution is 7.13. The second-order valence-corrected chi connectivity index (χ2v) is 5.17. The van der Waals surface area contributed by atoms with E-state index in [1.807, 2.05) is 17.5 Å². The minimum Gasteiger partial charge on any atom is -0.395 e. The van der Waals surface area contributed by atoms with Crippen molar-refractivity contribution in [1.82, 2.24) is 15.5 Å². The summed E-state index contributed by atoms with van der Waals surface area (Å²) in [6.45, 7) is 0.100. The molecule has 0 radical (unpaired) electrons. The summed E-state index contributed by atoms with van der Waals surface area (Å²) in [5.41, 5.74) is 0.384. The molecule has 3 aromatic rings. The van der Waals surface area contributed by atoms with Crippen molar-refractivity contribution in [1.29, 1.82) is 0 Å². The van der Waals surface area contributed by atoms with E-state index in [1.165, 1.54) is 30.7 Å². The predicted octanol–water partition coefficient (Wildman–Crippen LogP) is 2.35. The van der Waals surface area contributed by atoms with Crippen molar-refractivity contribution >= 4 is 17.2 Å². The number of carbonyl (C=O) groups excluding carboxylic acids is 1. The lowest BCUT2D eigenvalue weighted by atomic mass is 10.2. The van der Waals surface area contributed by atoms with Gasteiger partial charge in [0.1, 0.15) is 5.82 Å². The van der Waals surface area contributed by atoms with Crippen LogP contribution in [0.25, 0.3) is 10.7 Å². The molecule has 0 aliphatic rings. The molecule has 0 saturated heterocycles. The van der Waals surface area contributed by atoms with E-state index in [4.69, 9.17) is 5.11 Å². The molecule has 2 N–H and O–H groups in total. The van der Waals surface area contributed by atoms with Gasteiger partial charge in [0.25, 0.3) is 5.91 Å². The molecule has 0 unspecified atom stereocenters. The van der Waals surface area contributed by atoms with Crippen LogP contribution >= 0.6 is 11.3 Å². The van der Waals surface area contributed by atoms with Gasteiger partial charge in [-0.25, -0.2) is 4.39 Å². The maximum atomic E-state index is 12.4. The number of thiophene rings is 1. The first-order chi connectivity index (χ1) is 11.2. The van der Waals surface area contributed by atoms with Crippen LogP contribution in [0.4, 0.5) is 4.39 Å². The Bertz CT molecular complexity index is 668. The van der Waals surface area contributed by atoms with E-state index < -0.39 is 0 Å². The summed E-state index contributed by atoms with van der Waals surface area (Å²) in [4.78, 5) is 16.1. The molecule has 0 bridgehead atoms. The number of rotatable bonds is 4. The Balaban J connectivity index is 0.000000172. The monoisotopic (exact) mass is 335 g/mol. The summed E-state index contributed by atoms with van der Waals surface area (Å²) in [5.74, 6) is -0.0252. The van der Waals surface area contributed by atoms with Crippen molar-refractivity contribution in [3.8, 4) is 10.7 Å². The fourth-order valence-corrected chi connectivity index (χ4v) is 2.21. The maximum absolute atomic E-state index is 12.4. The summed E-state index contributed by atoms with van der Waals surface area (Å²) in [6, 6.07) is 9.12. The molecule has 8 heteroatoms. The number of nitrogens with one attached hydrogen (secondary N) is 1. The van der Waals surface area contributed by atoms with Crippen LogP contribution in [0.2, 0.25) is 0 Å². The van der Waals surface area contributed by atoms with E-state index in [1.54, 1.807) is 11.3 Å². The minimum absolute atomic E-state index is 0.104. The lowest BCUT2D eigenvalue weighted by molar-refractivity contribution is 0.0944. The number of halogens is 1. The van der Waals surface area contributed by atoms with Crippen LogP contribution in [0.15, 0.2) is 52.7 Å². The van der Waals surface area contributed by atoms with E-state index in [9.17, 15) is 9.18 Å². The van der Waals surface area contributed by atoms with Gasteiger partial charge in [0.05, 0.1) is 11.5 Å². The zero-order valence-electron chi connectivity index (χ0n) is 12.0. The van der Waals surface area contributed by atoms with Crippen LogP contribution in [0.5, 0.6) is 0 Å². The highest BCUT2D eigenvalue weighted by Crippen LogP contribution is 2.19. The third-order valence-corrected chi connectivity index (χ3v) is 3.47. The molecule has 0 saturated carbocycles. The van der Waals surface area contributed by atoms with Crippen LogP contribution in [-0.4, -0.2) is 34.3 Å². The average molecular weight is 335 g/mol. The number of nitrogens with zero attached hydrogens (tertiary/aromatic N) is 2. The lowest BCUT2D eigenvalue weighted by Crippen LogP contribution is -2.26. The van der Waals surface area contributed by atoms with Gasteiger partial charge in [-0.05, 0) is 35.7 Å². The largest absolute Gasteiger partial charge is 0.395 e. The van der Waals surface area contributed by atoms with Crippen molar-refractivity contribution < 1.29 is 18.8 Å². The number of hydrogen-bond acceptors (Lipinski definition) is 6. The van der Waals surface area contributed by atoms with Crippen LogP contribution in [0.1, 0.15) is 10.4 Å². The molecule has 23 heavy (non-hydrogen) atoms. The fraction of sp³-hybridized carbons (Fsp3) is 0.133. The predicted molar refractivity (Wildman–Crippen MR) is 83.4 cm³/mol. The Kier molecular flexibility index (Phi) is 6.40. The molecule has 1 aromatic carbocycles. The number of benzene rings is 1. The first-order valence-electron chi connectivity index (χ1n) is 6.65. The number of amides is 1. The van der Waals surface area contributed by atoms with Gasteiger partial charge in [0.15, 0.2) is 0 Å². The molecule has 6 nitrogen and oxygen atoms in total. The summed E-state index contributed by atoms with van der Waals surface area (Å²) in [7, 11) is 0. The molecule has 0 aliphatic heterocycles. The van der Waals surface area contributed by atoms with Crippen molar-refractivity contribution in [3.05, 3.63) is 59.6 Å². The number of aromatic nitrogens is 2. The van der Waals surface area contributed by atoms with Crippen LogP contribution in [-0.2, 0) is 0 Å². The molecule has 1 amide bonds. The molecule has 2 heterocycles. The minimum atomic E-state index is -0.376. The normalized spacial score (nSPS) is 9.83. The van der Waals surface area contributed by atoms with Gasteiger partial charge >= 0.3 is 0 Å². The summed E-state index contributed by atoms with van der Waals surface area (Å²) in [5, 5.41) is 16.5. The van der Waals surface area contributed by atoms with Gasteiger partial charge in [-0.15, -0.1) is 11.3 Å². The fourth-order valence-electron chi connectivity index (χ4n) is 1.56. The van der Waals surface area contributed by atoms with Crippen LogP contribution in [0.3, 0.4) is 0 Å². The third-order valence-electron chi connectivity index (χ3n) is 2.61. The van der Waals surface area contributed by atoms with Gasteiger partial charge in [0, 0.05) is 12.1 Å². The van der Waals surface area contributed by atoms with E-state index in [0.717, 1.165) is 4.88 Å². The van der Waals surface area contributed by atoms with E-state index >= 15 is 0 Å². The van der Waals surface area contributed by atoms with Crippen LogP contribution < -0.4 is 5.32 Å². The van der Waals surface area contributed by atoms with E-state index in [2.05, 4.69) is 20.0 Å². The van der Waals surface area contributed by atoms with E-state index in [0.29, 0.717) is 11.4 Å². The molecular formula is C15H14FN3O3S. The van der Waals surface area contributed by atoms with Gasteiger partial charge in [0.2, 0.25) is 12.2 Å². The second-order valence-electron chi connectivity index (χ2n) is 4.22. The summed E-state index contributed by atoms with van der Waals surface area (Å²) in [6.07, 6.45) is 1.33. The topological polar surface area (TPSA) is 88.2 Å². The Morgan fingerprint density at radius 3 is 2.65 bits per heavy atom. The Labute approximate surface area is 135 Å². The van der Waals surface area contributed by atoms with Gasteiger partial charge < -0.3 is 14.9 Å². The first-order valence-corrected chi connectivity index (χ1v) is 7.53. The zero-order valence-corrected chi connectivity index (χ0v) is 12.8. The number of hydrogen-bond donors (Lipinski definition) is 2. The van der Waals surface area contributed by atoms with Crippen LogP contribution in [0, 0.1) is 5.82 Å². The maximum Gasteiger partial charge on any atom is 0.251 e. The second kappa shape index (κ2) is 8.76. The smallest absolute Gasteiger partial charge is 0.251 e. The lowest BCUT2D eigenvalue weighted by Gasteiger charge is -2.01. The Hall–Kier alpha value is -2.58. The quantitative estimate of drug-likeness (QED) is 0.764. The number of aliphatic hydroxyl groups excluding tert-OH is 1.